The highest BCUT2D eigenvalue weighted by atomic mass is 127. The van der Waals surface area contributed by atoms with Crippen LogP contribution < -0.4 is 10.6 Å². The molecule has 0 radical (unpaired) electrons. The Bertz CT molecular complexity index is 852. The highest BCUT2D eigenvalue weighted by Crippen LogP contribution is 2.22. The molecule has 0 saturated heterocycles. The first-order chi connectivity index (χ1) is 11.7. The van der Waals surface area contributed by atoms with E-state index in [1.807, 2.05) is 6.20 Å². The van der Waals surface area contributed by atoms with E-state index in [1.54, 1.807) is 18.4 Å². The summed E-state index contributed by atoms with van der Waals surface area (Å²) in [6.45, 7) is 5.75. The van der Waals surface area contributed by atoms with Crippen LogP contribution in [0.1, 0.15) is 21.0 Å². The van der Waals surface area contributed by atoms with Crippen molar-refractivity contribution in [3.8, 4) is 0 Å². The maximum Gasteiger partial charge on any atom is 0.191 e. The average Bonchev–Trinajstić information content (AvgIpc) is 3.18. The van der Waals surface area contributed by atoms with Gasteiger partial charge >= 0.3 is 0 Å². The zero-order valence-electron chi connectivity index (χ0n) is 14.7. The number of rotatable bonds is 5. The summed E-state index contributed by atoms with van der Waals surface area (Å²) in [5.74, 6) is 0.805. The molecule has 134 valence electrons. The topological polar surface area (TPSA) is 65.1 Å². The molecule has 1 aromatic carbocycles. The number of aromatic nitrogens is 2. The number of nitrogens with one attached hydrogen (secondary N) is 3. The predicted molar refractivity (Wildman–Crippen MR) is 117 cm³/mol. The van der Waals surface area contributed by atoms with Crippen molar-refractivity contribution in [2.45, 2.75) is 26.8 Å². The van der Waals surface area contributed by atoms with Gasteiger partial charge in [-0.3, -0.25) is 4.99 Å². The molecule has 2 aromatic heterocycles. The van der Waals surface area contributed by atoms with Gasteiger partial charge in [-0.2, -0.15) is 0 Å². The SMILES string of the molecule is CN=C(NCCc1c[nH]c2cccc(C)c12)NCc1ncc(C)s1.I. The fourth-order valence-electron chi connectivity index (χ4n) is 2.83. The van der Waals surface area contributed by atoms with E-state index in [4.69, 9.17) is 0 Å². The molecule has 5 nitrogen and oxygen atoms in total. The molecule has 0 saturated carbocycles. The van der Waals surface area contributed by atoms with Crippen LogP contribution in [0.2, 0.25) is 0 Å². The van der Waals surface area contributed by atoms with Crippen molar-refractivity contribution in [2.75, 3.05) is 13.6 Å². The quantitative estimate of drug-likeness (QED) is 0.303. The summed E-state index contributed by atoms with van der Waals surface area (Å²) in [6, 6.07) is 6.36. The Hall–Kier alpha value is -1.61. The average molecular weight is 469 g/mol. The number of nitrogens with zero attached hydrogens (tertiary/aromatic N) is 2. The van der Waals surface area contributed by atoms with Crippen molar-refractivity contribution >= 4 is 52.2 Å². The van der Waals surface area contributed by atoms with Crippen molar-refractivity contribution in [1.29, 1.82) is 0 Å². The molecule has 0 atom stereocenters. The normalized spacial score (nSPS) is 11.4. The minimum absolute atomic E-state index is 0. The summed E-state index contributed by atoms with van der Waals surface area (Å²) >= 11 is 1.70. The molecule has 0 aliphatic heterocycles. The molecule has 0 bridgehead atoms. The first kappa shape index (κ1) is 19.7. The first-order valence-electron chi connectivity index (χ1n) is 8.09. The molecule has 0 fully saturated rings. The standard InChI is InChI=1S/C18H23N5S.HI/c1-12-5-4-6-15-17(12)14(10-21-15)7-8-20-18(19-3)23-11-16-22-9-13(2)24-16;/h4-6,9-10,21H,7-8,11H2,1-3H3,(H2,19,20,23);1H. The minimum Gasteiger partial charge on any atom is -0.361 e. The fraction of sp³-hybridized carbons (Fsp3) is 0.333. The Kier molecular flexibility index (Phi) is 7.24. The lowest BCUT2D eigenvalue weighted by Crippen LogP contribution is -2.37. The van der Waals surface area contributed by atoms with E-state index >= 15 is 0 Å². The summed E-state index contributed by atoms with van der Waals surface area (Å²) in [5.41, 5.74) is 3.85. The van der Waals surface area contributed by atoms with Crippen molar-refractivity contribution in [3.05, 3.63) is 51.6 Å². The van der Waals surface area contributed by atoms with Crippen LogP contribution in [0.4, 0.5) is 0 Å². The molecule has 2 heterocycles. The molecule has 3 aromatic rings. The van der Waals surface area contributed by atoms with Crippen molar-refractivity contribution < 1.29 is 0 Å². The van der Waals surface area contributed by atoms with E-state index in [2.05, 4.69) is 63.8 Å². The zero-order chi connectivity index (χ0) is 16.9. The number of fused-ring (bicyclic) bond motifs is 1. The maximum atomic E-state index is 4.36. The number of hydrogen-bond acceptors (Lipinski definition) is 3. The van der Waals surface area contributed by atoms with Crippen molar-refractivity contribution in [2.24, 2.45) is 4.99 Å². The van der Waals surface area contributed by atoms with Crippen molar-refractivity contribution in [1.82, 2.24) is 20.6 Å². The van der Waals surface area contributed by atoms with Gasteiger partial charge in [0.05, 0.1) is 6.54 Å². The van der Waals surface area contributed by atoms with Crippen LogP contribution in [0, 0.1) is 13.8 Å². The minimum atomic E-state index is 0. The smallest absolute Gasteiger partial charge is 0.191 e. The zero-order valence-corrected chi connectivity index (χ0v) is 17.9. The molecule has 25 heavy (non-hydrogen) atoms. The van der Waals surface area contributed by atoms with Gasteiger partial charge in [-0.1, -0.05) is 12.1 Å². The largest absolute Gasteiger partial charge is 0.361 e. The highest BCUT2D eigenvalue weighted by molar-refractivity contribution is 14.0. The van der Waals surface area contributed by atoms with E-state index in [-0.39, 0.29) is 24.0 Å². The Labute approximate surface area is 169 Å². The van der Waals surface area contributed by atoms with E-state index in [0.29, 0.717) is 6.54 Å². The number of aryl methyl sites for hydroxylation is 2. The van der Waals surface area contributed by atoms with Gasteiger partial charge in [0.15, 0.2) is 5.96 Å². The van der Waals surface area contributed by atoms with Gasteiger partial charge in [0.1, 0.15) is 5.01 Å². The monoisotopic (exact) mass is 469 g/mol. The molecule has 0 spiro atoms. The Morgan fingerprint density at radius 3 is 2.84 bits per heavy atom. The molecule has 0 aliphatic carbocycles. The summed E-state index contributed by atoms with van der Waals surface area (Å²) in [5, 5.41) is 9.08. The fourth-order valence-corrected chi connectivity index (χ4v) is 3.55. The molecule has 3 N–H and O–H groups in total. The number of thiazole rings is 1. The van der Waals surface area contributed by atoms with Gasteiger partial charge in [0.25, 0.3) is 0 Å². The number of halogens is 1. The first-order valence-corrected chi connectivity index (χ1v) is 8.90. The third kappa shape index (κ3) is 4.94. The Morgan fingerprint density at radius 1 is 1.28 bits per heavy atom. The second-order valence-electron chi connectivity index (χ2n) is 5.78. The third-order valence-electron chi connectivity index (χ3n) is 3.98. The lowest BCUT2D eigenvalue weighted by Gasteiger charge is -2.10. The van der Waals surface area contributed by atoms with Crippen LogP contribution in [-0.2, 0) is 13.0 Å². The molecule has 0 amide bonds. The number of guanidine groups is 1. The number of H-pyrrole nitrogens is 1. The number of aliphatic imine (C=N–C) groups is 1. The summed E-state index contributed by atoms with van der Waals surface area (Å²) in [4.78, 5) is 13.2. The molecule has 0 unspecified atom stereocenters. The van der Waals surface area contributed by atoms with E-state index in [9.17, 15) is 0 Å². The number of benzene rings is 1. The lowest BCUT2D eigenvalue weighted by atomic mass is 10.1. The summed E-state index contributed by atoms with van der Waals surface area (Å²) in [7, 11) is 1.79. The van der Waals surface area contributed by atoms with Gasteiger partial charge < -0.3 is 15.6 Å². The molecule has 0 aliphatic rings. The summed E-state index contributed by atoms with van der Waals surface area (Å²) in [6.07, 6.45) is 4.95. The maximum absolute atomic E-state index is 4.36. The van der Waals surface area contributed by atoms with Gasteiger partial charge in [-0.25, -0.2) is 4.98 Å². The van der Waals surface area contributed by atoms with Gasteiger partial charge in [-0.05, 0) is 37.5 Å². The van der Waals surface area contributed by atoms with Gasteiger partial charge in [0.2, 0.25) is 0 Å². The lowest BCUT2D eigenvalue weighted by molar-refractivity contribution is 0.793. The predicted octanol–water partition coefficient (Wildman–Crippen LogP) is 3.77. The van der Waals surface area contributed by atoms with Crippen LogP contribution in [-0.4, -0.2) is 29.5 Å². The number of aromatic amines is 1. The van der Waals surface area contributed by atoms with Crippen LogP contribution in [0.25, 0.3) is 10.9 Å². The van der Waals surface area contributed by atoms with Gasteiger partial charge in [-0.15, -0.1) is 35.3 Å². The van der Waals surface area contributed by atoms with Crippen LogP contribution in [0.3, 0.4) is 0 Å². The van der Waals surface area contributed by atoms with Crippen molar-refractivity contribution in [3.63, 3.8) is 0 Å². The van der Waals surface area contributed by atoms with E-state index in [0.717, 1.165) is 23.9 Å². The molecular formula is C18H24IN5S. The van der Waals surface area contributed by atoms with Gasteiger partial charge in [0, 0.05) is 41.8 Å². The molecule has 7 heteroatoms. The van der Waals surface area contributed by atoms with Crippen LogP contribution in [0.5, 0.6) is 0 Å². The van der Waals surface area contributed by atoms with Crippen LogP contribution >= 0.6 is 35.3 Å². The second kappa shape index (κ2) is 9.19. The third-order valence-corrected chi connectivity index (χ3v) is 4.90. The highest BCUT2D eigenvalue weighted by Gasteiger charge is 2.06. The van der Waals surface area contributed by atoms with E-state index in [1.165, 1.54) is 26.9 Å². The molecule has 3 rings (SSSR count). The van der Waals surface area contributed by atoms with Crippen LogP contribution in [0.15, 0.2) is 35.6 Å². The second-order valence-corrected chi connectivity index (χ2v) is 7.10. The number of hydrogen-bond donors (Lipinski definition) is 3. The summed E-state index contributed by atoms with van der Waals surface area (Å²) < 4.78 is 0. The Morgan fingerprint density at radius 2 is 2.12 bits per heavy atom. The molecular weight excluding hydrogens is 445 g/mol. The Balaban J connectivity index is 0.00000225. The van der Waals surface area contributed by atoms with E-state index < -0.39 is 0 Å².